The summed E-state index contributed by atoms with van der Waals surface area (Å²) in [6.07, 6.45) is 1.60. The van der Waals surface area contributed by atoms with Gasteiger partial charge in [0.15, 0.2) is 11.6 Å². The zero-order valence-electron chi connectivity index (χ0n) is 15.6. The van der Waals surface area contributed by atoms with Crippen LogP contribution in [0.1, 0.15) is 18.4 Å². The number of nitrogens with zero attached hydrogens (tertiary/aromatic N) is 2. The topological polar surface area (TPSA) is 62.5 Å². The standard InChI is InChI=1S/C21H21FN2O4/c1-27-19-9-8-14(11-17(19)22)12-23-18-7-3-2-6-16(18)20(25)24(21(23)26)13-15-5-4-10-28-15/h2-3,6-9,11,15H,4-5,10,12-13H2,1H3. The van der Waals surface area contributed by atoms with E-state index in [4.69, 9.17) is 9.47 Å². The molecule has 1 unspecified atom stereocenters. The van der Waals surface area contributed by atoms with E-state index in [1.165, 1.54) is 28.4 Å². The number of hydrogen-bond acceptors (Lipinski definition) is 4. The maximum absolute atomic E-state index is 14.1. The fraction of sp³-hybridized carbons (Fsp3) is 0.333. The van der Waals surface area contributed by atoms with Crippen molar-refractivity contribution in [1.82, 2.24) is 9.13 Å². The van der Waals surface area contributed by atoms with E-state index >= 15 is 0 Å². The minimum Gasteiger partial charge on any atom is -0.494 e. The molecule has 1 saturated heterocycles. The molecule has 2 heterocycles. The third-order valence-corrected chi connectivity index (χ3v) is 5.10. The Morgan fingerprint density at radius 3 is 2.71 bits per heavy atom. The Kier molecular flexibility index (Phi) is 5.00. The Morgan fingerprint density at radius 2 is 2.00 bits per heavy atom. The largest absolute Gasteiger partial charge is 0.494 e. The van der Waals surface area contributed by atoms with Crippen LogP contribution in [0.3, 0.4) is 0 Å². The van der Waals surface area contributed by atoms with E-state index in [9.17, 15) is 14.0 Å². The van der Waals surface area contributed by atoms with Crippen molar-refractivity contribution in [2.24, 2.45) is 0 Å². The van der Waals surface area contributed by atoms with Crippen LogP contribution in [0.15, 0.2) is 52.1 Å². The summed E-state index contributed by atoms with van der Waals surface area (Å²) < 4.78 is 27.4. The summed E-state index contributed by atoms with van der Waals surface area (Å²) in [5, 5.41) is 0.453. The summed E-state index contributed by atoms with van der Waals surface area (Å²) >= 11 is 0. The van der Waals surface area contributed by atoms with Gasteiger partial charge < -0.3 is 9.47 Å². The fourth-order valence-corrected chi connectivity index (χ4v) is 3.67. The molecule has 3 aromatic rings. The van der Waals surface area contributed by atoms with Crippen molar-refractivity contribution in [3.8, 4) is 5.75 Å². The highest BCUT2D eigenvalue weighted by molar-refractivity contribution is 5.77. The highest BCUT2D eigenvalue weighted by Gasteiger charge is 2.20. The predicted molar refractivity (Wildman–Crippen MR) is 103 cm³/mol. The lowest BCUT2D eigenvalue weighted by molar-refractivity contribution is 0.0948. The van der Waals surface area contributed by atoms with Gasteiger partial charge in [-0.3, -0.25) is 13.9 Å². The van der Waals surface area contributed by atoms with Gasteiger partial charge in [0.05, 0.1) is 37.2 Å². The van der Waals surface area contributed by atoms with E-state index in [0.717, 1.165) is 12.8 Å². The molecule has 4 rings (SSSR count). The molecule has 146 valence electrons. The first-order chi connectivity index (χ1) is 13.6. The molecular weight excluding hydrogens is 363 g/mol. The molecule has 0 amide bonds. The van der Waals surface area contributed by atoms with Crippen LogP contribution in [0, 0.1) is 5.82 Å². The van der Waals surface area contributed by atoms with Crippen LogP contribution in [0.25, 0.3) is 10.9 Å². The van der Waals surface area contributed by atoms with Crippen molar-refractivity contribution < 1.29 is 13.9 Å². The van der Waals surface area contributed by atoms with Gasteiger partial charge in [-0.05, 0) is 42.7 Å². The van der Waals surface area contributed by atoms with Crippen LogP contribution in [-0.2, 0) is 17.8 Å². The SMILES string of the molecule is COc1ccc(Cn2c(=O)n(CC3CCCO3)c(=O)c3ccccc32)cc1F. The van der Waals surface area contributed by atoms with Gasteiger partial charge >= 0.3 is 5.69 Å². The second kappa shape index (κ2) is 7.59. The van der Waals surface area contributed by atoms with Crippen molar-refractivity contribution in [3.63, 3.8) is 0 Å². The zero-order valence-corrected chi connectivity index (χ0v) is 15.6. The van der Waals surface area contributed by atoms with Gasteiger partial charge in [-0.15, -0.1) is 0 Å². The van der Waals surface area contributed by atoms with Gasteiger partial charge in [0.1, 0.15) is 0 Å². The summed E-state index contributed by atoms with van der Waals surface area (Å²) in [5.41, 5.74) is 0.383. The molecule has 0 bridgehead atoms. The Morgan fingerprint density at radius 1 is 1.18 bits per heavy atom. The van der Waals surface area contributed by atoms with Gasteiger partial charge in [-0.25, -0.2) is 9.18 Å². The van der Waals surface area contributed by atoms with Crippen LogP contribution < -0.4 is 16.0 Å². The number of ether oxygens (including phenoxy) is 2. The first kappa shape index (κ1) is 18.4. The van der Waals surface area contributed by atoms with Gasteiger partial charge in [0, 0.05) is 6.61 Å². The Labute approximate surface area is 160 Å². The van der Waals surface area contributed by atoms with E-state index in [1.54, 1.807) is 30.3 Å². The summed E-state index contributed by atoms with van der Waals surface area (Å²) in [6.45, 7) is 1.01. The smallest absolute Gasteiger partial charge is 0.331 e. The number of fused-ring (bicyclic) bond motifs is 1. The van der Waals surface area contributed by atoms with Crippen LogP contribution in [-0.4, -0.2) is 29.0 Å². The molecule has 0 spiro atoms. The van der Waals surface area contributed by atoms with Crippen molar-refractivity contribution in [2.45, 2.75) is 32.0 Å². The maximum atomic E-state index is 14.1. The first-order valence-corrected chi connectivity index (χ1v) is 9.25. The highest BCUT2D eigenvalue weighted by atomic mass is 19.1. The second-order valence-electron chi connectivity index (χ2n) is 6.91. The number of methoxy groups -OCH3 is 1. The number of hydrogen-bond donors (Lipinski definition) is 0. The molecular formula is C21H21FN2O4. The molecule has 1 atom stereocenters. The molecule has 1 fully saturated rings. The van der Waals surface area contributed by atoms with E-state index in [-0.39, 0.29) is 30.5 Å². The Balaban J connectivity index is 1.83. The van der Waals surface area contributed by atoms with E-state index in [1.807, 2.05) is 0 Å². The minimum atomic E-state index is -0.495. The van der Waals surface area contributed by atoms with E-state index < -0.39 is 11.5 Å². The lowest BCUT2D eigenvalue weighted by atomic mass is 10.2. The minimum absolute atomic E-state index is 0.140. The zero-order chi connectivity index (χ0) is 19.7. The van der Waals surface area contributed by atoms with Crippen LogP contribution in [0.4, 0.5) is 4.39 Å². The number of halogens is 1. The lowest BCUT2D eigenvalue weighted by Crippen LogP contribution is -2.42. The van der Waals surface area contributed by atoms with E-state index in [0.29, 0.717) is 23.1 Å². The van der Waals surface area contributed by atoms with Crippen molar-refractivity contribution in [3.05, 3.63) is 74.7 Å². The average Bonchev–Trinajstić information content (AvgIpc) is 3.22. The predicted octanol–water partition coefficient (Wildman–Crippen LogP) is 2.54. The normalized spacial score (nSPS) is 16.6. The van der Waals surface area contributed by atoms with Gasteiger partial charge in [-0.2, -0.15) is 0 Å². The third-order valence-electron chi connectivity index (χ3n) is 5.10. The van der Waals surface area contributed by atoms with Crippen LogP contribution >= 0.6 is 0 Å². The van der Waals surface area contributed by atoms with Crippen molar-refractivity contribution in [1.29, 1.82) is 0 Å². The van der Waals surface area contributed by atoms with Crippen LogP contribution in [0.5, 0.6) is 5.75 Å². The molecule has 1 aliphatic rings. The molecule has 1 aliphatic heterocycles. The quantitative estimate of drug-likeness (QED) is 0.678. The molecule has 0 saturated carbocycles. The van der Waals surface area contributed by atoms with Gasteiger partial charge in [0.25, 0.3) is 5.56 Å². The maximum Gasteiger partial charge on any atom is 0.331 e. The molecule has 0 aliphatic carbocycles. The lowest BCUT2D eigenvalue weighted by Gasteiger charge is -2.16. The van der Waals surface area contributed by atoms with Gasteiger partial charge in [0.2, 0.25) is 0 Å². The Hall–Kier alpha value is -2.93. The fourth-order valence-electron chi connectivity index (χ4n) is 3.67. The molecule has 0 radical (unpaired) electrons. The van der Waals surface area contributed by atoms with Crippen molar-refractivity contribution in [2.75, 3.05) is 13.7 Å². The third kappa shape index (κ3) is 3.33. The summed E-state index contributed by atoms with van der Waals surface area (Å²) in [6, 6.07) is 11.6. The van der Waals surface area contributed by atoms with Crippen LogP contribution in [0.2, 0.25) is 0 Å². The second-order valence-corrected chi connectivity index (χ2v) is 6.91. The number of para-hydroxylation sites is 1. The summed E-state index contributed by atoms with van der Waals surface area (Å²) in [4.78, 5) is 26.1. The summed E-state index contributed by atoms with van der Waals surface area (Å²) in [7, 11) is 1.40. The first-order valence-electron chi connectivity index (χ1n) is 9.25. The Bertz CT molecular complexity index is 1130. The molecule has 1 aromatic heterocycles. The molecule has 6 nitrogen and oxygen atoms in total. The number of aromatic nitrogens is 2. The average molecular weight is 384 g/mol. The van der Waals surface area contributed by atoms with Gasteiger partial charge in [-0.1, -0.05) is 18.2 Å². The number of rotatable bonds is 5. The molecule has 0 N–H and O–H groups in total. The molecule has 28 heavy (non-hydrogen) atoms. The molecule has 2 aromatic carbocycles. The highest BCUT2D eigenvalue weighted by Crippen LogP contribution is 2.19. The van der Waals surface area contributed by atoms with Crippen molar-refractivity contribution >= 4 is 10.9 Å². The summed E-state index contributed by atoms with van der Waals surface area (Å²) in [5.74, 6) is -0.352. The number of benzene rings is 2. The molecule has 7 heteroatoms. The van der Waals surface area contributed by atoms with E-state index in [2.05, 4.69) is 0 Å². The monoisotopic (exact) mass is 384 g/mol.